The van der Waals surface area contributed by atoms with Crippen molar-refractivity contribution in [3.63, 3.8) is 0 Å². The van der Waals surface area contributed by atoms with Gasteiger partial charge >= 0.3 is 0 Å². The summed E-state index contributed by atoms with van der Waals surface area (Å²) < 4.78 is 6.57. The van der Waals surface area contributed by atoms with Crippen LogP contribution in [0, 0.1) is 0 Å². The molecule has 1 aromatic heterocycles. The Morgan fingerprint density at radius 2 is 1.56 bits per heavy atom. The predicted molar refractivity (Wildman–Crippen MR) is 114 cm³/mol. The van der Waals surface area contributed by atoms with Crippen molar-refractivity contribution in [1.82, 2.24) is 10.2 Å². The minimum atomic E-state index is 0.651. The van der Waals surface area contributed by atoms with Gasteiger partial charge in [0.1, 0.15) is 11.4 Å². The maximum atomic E-state index is 5.53. The second-order valence-corrected chi connectivity index (χ2v) is 6.95. The van der Waals surface area contributed by atoms with Crippen molar-refractivity contribution < 1.29 is 4.74 Å². The molecule has 0 amide bonds. The fourth-order valence-electron chi connectivity index (χ4n) is 2.96. The molecule has 0 aliphatic heterocycles. The van der Waals surface area contributed by atoms with E-state index in [0.717, 1.165) is 43.8 Å². The number of hydrogen-bond donors (Lipinski definition) is 1. The fourth-order valence-corrected chi connectivity index (χ4v) is 3.22. The van der Waals surface area contributed by atoms with E-state index in [1.165, 1.54) is 0 Å². The molecule has 0 aliphatic rings. The van der Waals surface area contributed by atoms with Crippen LogP contribution in [0.15, 0.2) is 77.3 Å². The van der Waals surface area contributed by atoms with Crippen LogP contribution in [0.3, 0.4) is 0 Å². The summed E-state index contributed by atoms with van der Waals surface area (Å²) in [6.45, 7) is 2.63. The number of benzene rings is 3. The number of fused-ring (bicyclic) bond motifs is 1. The Hall–Kier alpha value is -2.92. The zero-order chi connectivity index (χ0) is 18.6. The molecule has 134 valence electrons. The average Bonchev–Trinajstić information content (AvgIpc) is 2.71. The maximum Gasteiger partial charge on any atom is 0.161 e. The number of halogens is 1. The molecule has 0 saturated carbocycles. The van der Waals surface area contributed by atoms with Crippen molar-refractivity contribution >= 4 is 38.2 Å². The molecule has 4 aromatic rings. The molecule has 0 unspecified atom stereocenters. The SMILES string of the molecule is CCOc1ccc(-c2nnc(Nc3ccc(Br)cc3)c3ccccc23)cc1. The molecule has 27 heavy (non-hydrogen) atoms. The van der Waals surface area contributed by atoms with Crippen LogP contribution in [0.4, 0.5) is 11.5 Å². The highest BCUT2D eigenvalue weighted by atomic mass is 79.9. The average molecular weight is 420 g/mol. The second-order valence-electron chi connectivity index (χ2n) is 6.03. The van der Waals surface area contributed by atoms with E-state index in [1.807, 2.05) is 67.6 Å². The Morgan fingerprint density at radius 1 is 0.852 bits per heavy atom. The van der Waals surface area contributed by atoms with Gasteiger partial charge in [-0.05, 0) is 55.5 Å². The summed E-state index contributed by atoms with van der Waals surface area (Å²) in [7, 11) is 0. The van der Waals surface area contributed by atoms with Crippen LogP contribution in [-0.2, 0) is 0 Å². The van der Waals surface area contributed by atoms with E-state index in [4.69, 9.17) is 4.74 Å². The fraction of sp³-hybridized carbons (Fsp3) is 0.0909. The lowest BCUT2D eigenvalue weighted by Gasteiger charge is -2.12. The zero-order valence-corrected chi connectivity index (χ0v) is 16.4. The number of aromatic nitrogens is 2. The molecular formula is C22H18BrN3O. The molecule has 4 nitrogen and oxygen atoms in total. The third-order valence-electron chi connectivity index (χ3n) is 4.23. The van der Waals surface area contributed by atoms with Gasteiger partial charge in [0.05, 0.1) is 6.61 Å². The summed E-state index contributed by atoms with van der Waals surface area (Å²) >= 11 is 3.46. The molecule has 0 saturated heterocycles. The first-order chi connectivity index (χ1) is 13.2. The van der Waals surface area contributed by atoms with Gasteiger partial charge in [-0.1, -0.05) is 40.2 Å². The van der Waals surface area contributed by atoms with Gasteiger partial charge in [0.2, 0.25) is 0 Å². The van der Waals surface area contributed by atoms with Gasteiger partial charge in [-0.3, -0.25) is 0 Å². The molecule has 0 spiro atoms. The Labute approximate surface area is 166 Å². The number of nitrogens with zero attached hydrogens (tertiary/aromatic N) is 2. The Morgan fingerprint density at radius 3 is 2.26 bits per heavy atom. The van der Waals surface area contributed by atoms with Gasteiger partial charge in [0.15, 0.2) is 5.82 Å². The molecule has 3 aromatic carbocycles. The highest BCUT2D eigenvalue weighted by molar-refractivity contribution is 9.10. The van der Waals surface area contributed by atoms with Crippen molar-refractivity contribution in [2.75, 3.05) is 11.9 Å². The summed E-state index contributed by atoms with van der Waals surface area (Å²) in [5.74, 6) is 1.59. The van der Waals surface area contributed by atoms with Crippen molar-refractivity contribution in [3.8, 4) is 17.0 Å². The van der Waals surface area contributed by atoms with E-state index in [9.17, 15) is 0 Å². The summed E-state index contributed by atoms with van der Waals surface area (Å²) in [6, 6.07) is 24.1. The lowest BCUT2D eigenvalue weighted by molar-refractivity contribution is 0.340. The summed E-state index contributed by atoms with van der Waals surface area (Å²) in [4.78, 5) is 0. The number of ether oxygens (including phenoxy) is 1. The predicted octanol–water partition coefficient (Wildman–Crippen LogP) is 6.20. The highest BCUT2D eigenvalue weighted by Gasteiger charge is 2.11. The summed E-state index contributed by atoms with van der Waals surface area (Å²) in [5.41, 5.74) is 2.83. The third kappa shape index (κ3) is 3.78. The first-order valence-corrected chi connectivity index (χ1v) is 9.55. The number of hydrogen-bond acceptors (Lipinski definition) is 4. The van der Waals surface area contributed by atoms with Gasteiger partial charge in [0.25, 0.3) is 0 Å². The van der Waals surface area contributed by atoms with Crippen molar-refractivity contribution in [2.45, 2.75) is 6.92 Å². The van der Waals surface area contributed by atoms with Crippen LogP contribution in [0.2, 0.25) is 0 Å². The van der Waals surface area contributed by atoms with Crippen LogP contribution in [0.1, 0.15) is 6.92 Å². The van der Waals surface area contributed by atoms with Gasteiger partial charge in [-0.15, -0.1) is 10.2 Å². The number of anilines is 2. The quantitative estimate of drug-likeness (QED) is 0.418. The lowest BCUT2D eigenvalue weighted by atomic mass is 10.0. The molecule has 0 atom stereocenters. The Bertz CT molecular complexity index is 1060. The van der Waals surface area contributed by atoms with E-state index in [1.54, 1.807) is 0 Å². The molecule has 1 heterocycles. The minimum absolute atomic E-state index is 0.651. The largest absolute Gasteiger partial charge is 0.494 e. The van der Waals surface area contributed by atoms with Gasteiger partial charge in [-0.25, -0.2) is 0 Å². The van der Waals surface area contributed by atoms with E-state index < -0.39 is 0 Å². The van der Waals surface area contributed by atoms with Crippen LogP contribution in [-0.4, -0.2) is 16.8 Å². The topological polar surface area (TPSA) is 47.0 Å². The molecule has 0 fully saturated rings. The van der Waals surface area contributed by atoms with Crippen molar-refractivity contribution in [1.29, 1.82) is 0 Å². The molecule has 0 aliphatic carbocycles. The molecule has 4 rings (SSSR count). The summed E-state index contributed by atoms with van der Waals surface area (Å²) in [5, 5.41) is 14.4. The van der Waals surface area contributed by atoms with E-state index >= 15 is 0 Å². The van der Waals surface area contributed by atoms with E-state index in [2.05, 4.69) is 43.6 Å². The van der Waals surface area contributed by atoms with E-state index in [-0.39, 0.29) is 0 Å². The molecular weight excluding hydrogens is 402 g/mol. The van der Waals surface area contributed by atoms with Gasteiger partial charge in [-0.2, -0.15) is 0 Å². The standard InChI is InChI=1S/C22H18BrN3O/c1-2-27-18-13-7-15(8-14-18)21-19-5-3-4-6-20(19)22(26-25-21)24-17-11-9-16(23)10-12-17/h3-14H,2H2,1H3,(H,24,26). The van der Waals surface area contributed by atoms with Crippen LogP contribution in [0.5, 0.6) is 5.75 Å². The van der Waals surface area contributed by atoms with Crippen LogP contribution < -0.4 is 10.1 Å². The van der Waals surface area contributed by atoms with Crippen LogP contribution >= 0.6 is 15.9 Å². The molecule has 0 radical (unpaired) electrons. The molecule has 1 N–H and O–H groups in total. The lowest BCUT2D eigenvalue weighted by Crippen LogP contribution is -1.99. The minimum Gasteiger partial charge on any atom is -0.494 e. The molecule has 0 bridgehead atoms. The highest BCUT2D eigenvalue weighted by Crippen LogP contribution is 2.32. The van der Waals surface area contributed by atoms with E-state index in [0.29, 0.717) is 6.61 Å². The maximum absolute atomic E-state index is 5.53. The third-order valence-corrected chi connectivity index (χ3v) is 4.76. The zero-order valence-electron chi connectivity index (χ0n) is 14.8. The van der Waals surface area contributed by atoms with Crippen LogP contribution in [0.25, 0.3) is 22.0 Å². The smallest absolute Gasteiger partial charge is 0.161 e. The summed E-state index contributed by atoms with van der Waals surface area (Å²) in [6.07, 6.45) is 0. The monoisotopic (exact) mass is 419 g/mol. The Kier molecular flexibility index (Phi) is 5.03. The molecule has 5 heteroatoms. The normalized spacial score (nSPS) is 10.7. The first-order valence-electron chi connectivity index (χ1n) is 8.76. The van der Waals surface area contributed by atoms with Gasteiger partial charge in [0, 0.05) is 26.5 Å². The van der Waals surface area contributed by atoms with Gasteiger partial charge < -0.3 is 10.1 Å². The Balaban J connectivity index is 1.74. The van der Waals surface area contributed by atoms with Crippen molar-refractivity contribution in [3.05, 3.63) is 77.3 Å². The number of nitrogens with one attached hydrogen (secondary N) is 1. The second kappa shape index (κ2) is 7.76. The number of rotatable bonds is 5. The first kappa shape index (κ1) is 17.5. The van der Waals surface area contributed by atoms with Crippen molar-refractivity contribution in [2.24, 2.45) is 0 Å².